The summed E-state index contributed by atoms with van der Waals surface area (Å²) in [4.78, 5) is 0. The van der Waals surface area contributed by atoms with E-state index < -0.39 is 0 Å². The monoisotopic (exact) mass is 230 g/mol. The molecule has 2 bridgehead atoms. The number of phenolic OH excluding ortho intramolecular Hbond substituents is 1. The molecule has 17 heavy (non-hydrogen) atoms. The highest BCUT2D eigenvalue weighted by molar-refractivity contribution is 5.44. The molecule has 2 nitrogen and oxygen atoms in total. The quantitative estimate of drug-likeness (QED) is 0.808. The molecule has 3 atom stereocenters. The Bertz CT molecular complexity index is 450. The van der Waals surface area contributed by atoms with Crippen molar-refractivity contribution in [3.05, 3.63) is 35.9 Å². The molecule has 0 amide bonds. The Balaban J connectivity index is 1.83. The number of ether oxygens (including phenoxy) is 1. The van der Waals surface area contributed by atoms with E-state index in [0.717, 1.165) is 23.7 Å². The van der Waals surface area contributed by atoms with E-state index in [9.17, 15) is 5.11 Å². The highest BCUT2D eigenvalue weighted by Gasteiger charge is 2.36. The van der Waals surface area contributed by atoms with Gasteiger partial charge in [-0.2, -0.15) is 0 Å². The van der Waals surface area contributed by atoms with E-state index in [2.05, 4.69) is 12.2 Å². The fourth-order valence-corrected chi connectivity index (χ4v) is 3.34. The van der Waals surface area contributed by atoms with E-state index >= 15 is 0 Å². The number of hydrogen-bond acceptors (Lipinski definition) is 2. The van der Waals surface area contributed by atoms with E-state index in [1.54, 1.807) is 13.2 Å². The summed E-state index contributed by atoms with van der Waals surface area (Å²) in [7, 11) is 1.67. The molecule has 2 aliphatic carbocycles. The van der Waals surface area contributed by atoms with Crippen molar-refractivity contribution in [2.24, 2.45) is 17.8 Å². The molecule has 0 aromatic heterocycles. The van der Waals surface area contributed by atoms with Gasteiger partial charge in [-0.15, -0.1) is 0 Å². The summed E-state index contributed by atoms with van der Waals surface area (Å²) >= 11 is 0. The van der Waals surface area contributed by atoms with Crippen LogP contribution < -0.4 is 4.74 Å². The van der Waals surface area contributed by atoms with Crippen LogP contribution in [-0.2, 0) is 6.42 Å². The largest absolute Gasteiger partial charge is 0.508 e. The maximum absolute atomic E-state index is 9.95. The lowest BCUT2D eigenvalue weighted by molar-refractivity contribution is 0.380. The molecule has 1 saturated carbocycles. The first-order chi connectivity index (χ1) is 8.28. The summed E-state index contributed by atoms with van der Waals surface area (Å²) in [6, 6.07) is 5.51. The SMILES string of the molecule is COc1cccc(O)c1CC1CC2C=CC1C2. The van der Waals surface area contributed by atoms with E-state index in [4.69, 9.17) is 4.74 Å². The van der Waals surface area contributed by atoms with Gasteiger partial charge in [0.1, 0.15) is 11.5 Å². The molecule has 1 aromatic rings. The van der Waals surface area contributed by atoms with Gasteiger partial charge in [-0.05, 0) is 49.1 Å². The Morgan fingerprint density at radius 1 is 1.29 bits per heavy atom. The molecule has 2 heteroatoms. The molecule has 0 heterocycles. The first-order valence-corrected chi connectivity index (χ1v) is 6.31. The van der Waals surface area contributed by atoms with Crippen molar-refractivity contribution in [3.8, 4) is 11.5 Å². The molecule has 90 valence electrons. The number of allylic oxidation sites excluding steroid dienone is 2. The second-order valence-electron chi connectivity index (χ2n) is 5.20. The van der Waals surface area contributed by atoms with Gasteiger partial charge in [-0.25, -0.2) is 0 Å². The molecule has 3 rings (SSSR count). The first-order valence-electron chi connectivity index (χ1n) is 6.31. The maximum Gasteiger partial charge on any atom is 0.125 e. The predicted molar refractivity (Wildman–Crippen MR) is 67.2 cm³/mol. The van der Waals surface area contributed by atoms with Gasteiger partial charge in [0.2, 0.25) is 0 Å². The average molecular weight is 230 g/mol. The van der Waals surface area contributed by atoms with Crippen LogP contribution in [0.5, 0.6) is 11.5 Å². The zero-order chi connectivity index (χ0) is 11.8. The number of hydrogen-bond donors (Lipinski definition) is 1. The minimum Gasteiger partial charge on any atom is -0.508 e. The number of rotatable bonds is 3. The van der Waals surface area contributed by atoms with Gasteiger partial charge < -0.3 is 9.84 Å². The standard InChI is InChI=1S/C15H18O2/c1-17-15-4-2-3-14(16)13(15)9-12-8-10-5-6-11(12)7-10/h2-6,10-12,16H,7-9H2,1H3. The van der Waals surface area contributed by atoms with Gasteiger partial charge in [0, 0.05) is 5.56 Å². The third-order valence-electron chi connectivity index (χ3n) is 4.21. The maximum atomic E-state index is 9.95. The molecule has 3 unspecified atom stereocenters. The third-order valence-corrected chi connectivity index (χ3v) is 4.21. The van der Waals surface area contributed by atoms with Crippen LogP contribution in [0.3, 0.4) is 0 Å². The number of phenols is 1. The third kappa shape index (κ3) is 1.82. The van der Waals surface area contributed by atoms with Crippen LogP contribution in [0.4, 0.5) is 0 Å². The molecule has 1 aromatic carbocycles. The van der Waals surface area contributed by atoms with Gasteiger partial charge >= 0.3 is 0 Å². The van der Waals surface area contributed by atoms with Crippen LogP contribution in [0.2, 0.25) is 0 Å². The Morgan fingerprint density at radius 2 is 2.18 bits per heavy atom. The van der Waals surface area contributed by atoms with Crippen LogP contribution >= 0.6 is 0 Å². The summed E-state index contributed by atoms with van der Waals surface area (Å²) in [5, 5.41) is 9.95. The normalized spacial score (nSPS) is 29.8. The minimum atomic E-state index is 0.371. The molecular weight excluding hydrogens is 212 g/mol. The van der Waals surface area contributed by atoms with Gasteiger partial charge in [-0.3, -0.25) is 0 Å². The topological polar surface area (TPSA) is 29.5 Å². The number of methoxy groups -OCH3 is 1. The van der Waals surface area contributed by atoms with Gasteiger partial charge in [0.25, 0.3) is 0 Å². The fraction of sp³-hybridized carbons (Fsp3) is 0.467. The fourth-order valence-electron chi connectivity index (χ4n) is 3.34. The molecule has 1 N–H and O–H groups in total. The van der Waals surface area contributed by atoms with Gasteiger partial charge in [-0.1, -0.05) is 18.2 Å². The van der Waals surface area contributed by atoms with Crippen molar-refractivity contribution in [3.63, 3.8) is 0 Å². The lowest BCUT2D eigenvalue weighted by Gasteiger charge is -2.20. The first kappa shape index (κ1) is 10.7. The van der Waals surface area contributed by atoms with Crippen molar-refractivity contribution in [2.75, 3.05) is 7.11 Å². The van der Waals surface area contributed by atoms with Crippen molar-refractivity contribution in [1.82, 2.24) is 0 Å². The van der Waals surface area contributed by atoms with E-state index in [1.807, 2.05) is 12.1 Å². The molecule has 0 aliphatic heterocycles. The summed E-state index contributed by atoms with van der Waals surface area (Å²) in [5.41, 5.74) is 0.973. The Morgan fingerprint density at radius 3 is 2.82 bits per heavy atom. The second-order valence-corrected chi connectivity index (χ2v) is 5.20. The molecule has 0 radical (unpaired) electrons. The highest BCUT2D eigenvalue weighted by atomic mass is 16.5. The van der Waals surface area contributed by atoms with Gasteiger partial charge in [0.05, 0.1) is 7.11 Å². The Hall–Kier alpha value is -1.44. The van der Waals surface area contributed by atoms with Crippen LogP contribution in [0.25, 0.3) is 0 Å². The van der Waals surface area contributed by atoms with Crippen molar-refractivity contribution < 1.29 is 9.84 Å². The summed E-state index contributed by atoms with van der Waals surface area (Å²) < 4.78 is 5.34. The zero-order valence-corrected chi connectivity index (χ0v) is 10.1. The lowest BCUT2D eigenvalue weighted by Crippen LogP contribution is -2.11. The molecular formula is C15H18O2. The van der Waals surface area contributed by atoms with Crippen LogP contribution in [0, 0.1) is 17.8 Å². The Kier molecular flexibility index (Phi) is 2.58. The van der Waals surface area contributed by atoms with Crippen molar-refractivity contribution in [2.45, 2.75) is 19.3 Å². The predicted octanol–water partition coefficient (Wildman–Crippen LogP) is 3.16. The van der Waals surface area contributed by atoms with Crippen LogP contribution in [0.1, 0.15) is 18.4 Å². The average Bonchev–Trinajstić information content (AvgIpc) is 2.93. The van der Waals surface area contributed by atoms with E-state index in [0.29, 0.717) is 17.6 Å². The van der Waals surface area contributed by atoms with Crippen molar-refractivity contribution in [1.29, 1.82) is 0 Å². The molecule has 1 fully saturated rings. The molecule has 2 aliphatic rings. The van der Waals surface area contributed by atoms with Crippen LogP contribution in [0.15, 0.2) is 30.4 Å². The van der Waals surface area contributed by atoms with Crippen LogP contribution in [-0.4, -0.2) is 12.2 Å². The highest BCUT2D eigenvalue weighted by Crippen LogP contribution is 2.46. The number of aromatic hydroxyl groups is 1. The number of fused-ring (bicyclic) bond motifs is 2. The van der Waals surface area contributed by atoms with E-state index in [1.165, 1.54) is 12.8 Å². The lowest BCUT2D eigenvalue weighted by atomic mass is 9.87. The number of benzene rings is 1. The summed E-state index contributed by atoms with van der Waals surface area (Å²) in [6.45, 7) is 0. The molecule has 0 spiro atoms. The Labute approximate surface area is 102 Å². The minimum absolute atomic E-state index is 0.371. The van der Waals surface area contributed by atoms with Gasteiger partial charge in [0.15, 0.2) is 0 Å². The van der Waals surface area contributed by atoms with E-state index in [-0.39, 0.29) is 0 Å². The summed E-state index contributed by atoms with van der Waals surface area (Å²) in [6.07, 6.45) is 8.20. The smallest absolute Gasteiger partial charge is 0.125 e. The zero-order valence-electron chi connectivity index (χ0n) is 10.1. The summed E-state index contributed by atoms with van der Waals surface area (Å²) in [5.74, 6) is 3.35. The second kappa shape index (κ2) is 4.10. The van der Waals surface area contributed by atoms with Crippen molar-refractivity contribution >= 4 is 0 Å². The molecule has 0 saturated heterocycles.